The Balaban J connectivity index is 4.99. The predicted molar refractivity (Wildman–Crippen MR) is 247 cm³/mol. The lowest BCUT2D eigenvalue weighted by atomic mass is 9.87. The minimum Gasteiger partial charge on any atom is -0.466 e. The summed E-state index contributed by atoms with van der Waals surface area (Å²) in [7, 11) is 0. The Morgan fingerprint density at radius 1 is 0.290 bits per heavy atom. The molecule has 398 valence electrons. The highest BCUT2D eigenvalue weighted by atomic mass is 16.6. The van der Waals surface area contributed by atoms with Gasteiger partial charge in [0.15, 0.2) is 17.3 Å². The first-order chi connectivity index (χ1) is 32.8. The molecule has 2 unspecified atom stereocenters. The third kappa shape index (κ3) is 30.8. The van der Waals surface area contributed by atoms with Crippen LogP contribution in [0.3, 0.4) is 0 Å². The van der Waals surface area contributed by atoms with E-state index in [0.717, 1.165) is 44.9 Å². The highest BCUT2D eigenvalue weighted by Crippen LogP contribution is 2.25. The summed E-state index contributed by atoms with van der Waals surface area (Å²) in [4.78, 5) is 114. The minimum atomic E-state index is -2.44. The van der Waals surface area contributed by atoms with Gasteiger partial charge in [0.05, 0.1) is 78.2 Å². The lowest BCUT2D eigenvalue weighted by Crippen LogP contribution is -2.44. The summed E-state index contributed by atoms with van der Waals surface area (Å²) in [6.45, 7) is 7.87. The minimum absolute atomic E-state index is 0.0279. The average molecular weight is 991 g/mol. The first kappa shape index (κ1) is 64.6. The molecule has 0 aliphatic carbocycles. The summed E-state index contributed by atoms with van der Waals surface area (Å²) < 4.78 is 41.3. The second-order valence-corrected chi connectivity index (χ2v) is 17.1. The van der Waals surface area contributed by atoms with Crippen molar-refractivity contribution in [2.45, 2.75) is 193 Å². The van der Waals surface area contributed by atoms with Gasteiger partial charge in [-0.1, -0.05) is 86.0 Å². The Labute approximate surface area is 407 Å². The van der Waals surface area contributed by atoms with Gasteiger partial charge in [0.2, 0.25) is 0 Å². The zero-order chi connectivity index (χ0) is 52.0. The van der Waals surface area contributed by atoms with Gasteiger partial charge >= 0.3 is 35.8 Å². The molecule has 2 atom stereocenters. The van der Waals surface area contributed by atoms with Crippen molar-refractivity contribution in [3.05, 3.63) is 0 Å². The Bertz CT molecular complexity index is 1450. The molecule has 0 saturated carbocycles. The molecule has 0 aromatic heterocycles. The van der Waals surface area contributed by atoms with Crippen LogP contribution < -0.4 is 0 Å². The molecule has 0 aromatic rings. The number of rotatable bonds is 45. The molecule has 0 amide bonds. The van der Waals surface area contributed by atoms with Crippen molar-refractivity contribution < 1.29 is 96.4 Å². The topological polar surface area (TPSA) is 288 Å². The van der Waals surface area contributed by atoms with Crippen molar-refractivity contribution in [3.63, 3.8) is 0 Å². The predicted octanol–water partition coefficient (Wildman–Crippen LogP) is 4.86. The van der Waals surface area contributed by atoms with Gasteiger partial charge in [-0.05, 0) is 32.1 Å². The number of esters is 6. The maximum Gasteiger partial charge on any atom is 0.309 e. The van der Waals surface area contributed by atoms with E-state index in [2.05, 4.69) is 0 Å². The van der Waals surface area contributed by atoms with Crippen molar-refractivity contribution >= 4 is 53.2 Å². The van der Waals surface area contributed by atoms with Crippen molar-refractivity contribution in [2.75, 3.05) is 66.1 Å². The van der Waals surface area contributed by atoms with E-state index in [1.807, 2.05) is 34.6 Å². The number of hydrogen-bond acceptors (Lipinski definition) is 20. The fourth-order valence-corrected chi connectivity index (χ4v) is 6.55. The van der Waals surface area contributed by atoms with Crippen LogP contribution in [0.5, 0.6) is 0 Å². The summed E-state index contributed by atoms with van der Waals surface area (Å²) in [6.07, 6.45) is 3.79. The summed E-state index contributed by atoms with van der Waals surface area (Å²) in [5, 5.41) is 33.4. The van der Waals surface area contributed by atoms with E-state index in [4.69, 9.17) is 37.9 Å². The molecule has 20 heteroatoms. The van der Waals surface area contributed by atoms with Gasteiger partial charge in [0.1, 0.15) is 43.2 Å². The molecule has 0 bridgehead atoms. The quantitative estimate of drug-likeness (QED) is 0.0417. The number of ketones is 3. The SMILES string of the molecule is CCCCCC(=O)C(O)(CC(=O)OCCCC)CC(=O)OCCOCCOC(=O)CC(O)(CC(=O)OCCOCCOC(=O)CC(O)(CC(=O)OCCCC)C(=O)CCCCC)C(=O)CCCCC. The maximum absolute atomic E-state index is 13.1. The Morgan fingerprint density at radius 3 is 0.696 bits per heavy atom. The largest absolute Gasteiger partial charge is 0.466 e. The number of hydrogen-bond donors (Lipinski definition) is 3. The zero-order valence-electron chi connectivity index (χ0n) is 41.9. The van der Waals surface area contributed by atoms with Crippen molar-refractivity contribution in [1.82, 2.24) is 0 Å². The van der Waals surface area contributed by atoms with Gasteiger partial charge in [0.25, 0.3) is 0 Å². The second kappa shape index (κ2) is 38.4. The third-order valence-electron chi connectivity index (χ3n) is 10.7. The van der Waals surface area contributed by atoms with Crippen LogP contribution >= 0.6 is 0 Å². The van der Waals surface area contributed by atoms with E-state index in [1.165, 1.54) is 0 Å². The second-order valence-electron chi connectivity index (χ2n) is 17.1. The summed E-state index contributed by atoms with van der Waals surface area (Å²) in [5.41, 5.74) is -7.03. The van der Waals surface area contributed by atoms with Crippen molar-refractivity contribution in [1.29, 1.82) is 0 Å². The van der Waals surface area contributed by atoms with Crippen LogP contribution in [0.15, 0.2) is 0 Å². The van der Waals surface area contributed by atoms with Crippen LogP contribution in [-0.4, -0.2) is 151 Å². The Morgan fingerprint density at radius 2 is 0.493 bits per heavy atom. The normalized spacial score (nSPS) is 13.7. The van der Waals surface area contributed by atoms with Crippen LogP contribution in [0.4, 0.5) is 0 Å². The Kier molecular flexibility index (Phi) is 36.0. The molecule has 0 rings (SSSR count). The molecule has 0 saturated heterocycles. The molecule has 0 fully saturated rings. The smallest absolute Gasteiger partial charge is 0.309 e. The lowest BCUT2D eigenvalue weighted by molar-refractivity contribution is -0.164. The number of ether oxygens (including phenoxy) is 8. The first-order valence-corrected chi connectivity index (χ1v) is 24.7. The van der Waals surface area contributed by atoms with Crippen LogP contribution in [0.1, 0.15) is 176 Å². The van der Waals surface area contributed by atoms with Crippen LogP contribution in [0.2, 0.25) is 0 Å². The molecule has 0 aliphatic heterocycles. The number of Topliss-reactive ketones (excluding diaryl/α,β-unsaturated/α-hetero) is 3. The fraction of sp³-hybridized carbons (Fsp3) is 0.816. The molecule has 3 N–H and O–H groups in total. The van der Waals surface area contributed by atoms with Crippen LogP contribution in [-0.2, 0) is 81.0 Å². The highest BCUT2D eigenvalue weighted by Gasteiger charge is 2.43. The van der Waals surface area contributed by atoms with E-state index >= 15 is 0 Å². The molecule has 69 heavy (non-hydrogen) atoms. The molecular weight excluding hydrogens is 909 g/mol. The van der Waals surface area contributed by atoms with Gasteiger partial charge < -0.3 is 53.2 Å². The standard InChI is InChI=1S/C49H82O20/c1-6-11-16-19-38(50)47(59,32-41(53)64-22-14-9-4)34-43(55)66-28-24-62-26-30-68-45(57)36-49(61,40(52)21-18-13-8-3)37-46(58)69-31-27-63-25-29-67-44(56)35-48(60,39(51)20-17-12-7-2)33-42(54)65-23-15-10-5/h59-61H,6-37H2,1-5H3. The number of aliphatic hydroxyl groups is 3. The number of carbonyl (C=O) groups is 9. The highest BCUT2D eigenvalue weighted by molar-refractivity contribution is 5.96. The van der Waals surface area contributed by atoms with E-state index in [1.54, 1.807) is 0 Å². The first-order valence-electron chi connectivity index (χ1n) is 24.7. The van der Waals surface area contributed by atoms with Gasteiger partial charge in [-0.15, -0.1) is 0 Å². The molecule has 0 spiro atoms. The number of unbranched alkanes of at least 4 members (excludes halogenated alkanes) is 8. The summed E-state index contributed by atoms with van der Waals surface area (Å²) in [5.74, 6) is -7.61. The lowest BCUT2D eigenvalue weighted by Gasteiger charge is -2.25. The average Bonchev–Trinajstić information content (AvgIpc) is 3.28. The van der Waals surface area contributed by atoms with Crippen molar-refractivity contribution in [3.8, 4) is 0 Å². The van der Waals surface area contributed by atoms with E-state index in [0.29, 0.717) is 38.5 Å². The van der Waals surface area contributed by atoms with Gasteiger partial charge in [-0.3, -0.25) is 43.2 Å². The third-order valence-corrected chi connectivity index (χ3v) is 10.7. The number of carbonyl (C=O) groups excluding carboxylic acids is 9. The van der Waals surface area contributed by atoms with Crippen LogP contribution in [0, 0.1) is 0 Å². The van der Waals surface area contributed by atoms with Gasteiger partial charge in [-0.2, -0.15) is 0 Å². The zero-order valence-corrected chi connectivity index (χ0v) is 41.9. The van der Waals surface area contributed by atoms with Gasteiger partial charge in [-0.25, -0.2) is 0 Å². The molecule has 0 heterocycles. The maximum atomic E-state index is 13.1. The molecule has 20 nitrogen and oxygen atoms in total. The van der Waals surface area contributed by atoms with E-state index in [9.17, 15) is 58.5 Å². The van der Waals surface area contributed by atoms with E-state index < -0.39 is 108 Å². The Hall–Kier alpha value is -4.37. The molecule has 0 aliphatic rings. The monoisotopic (exact) mass is 991 g/mol. The summed E-state index contributed by atoms with van der Waals surface area (Å²) in [6, 6.07) is 0. The van der Waals surface area contributed by atoms with Crippen molar-refractivity contribution in [2.24, 2.45) is 0 Å². The molecule has 0 aromatic carbocycles. The molecule has 0 radical (unpaired) electrons. The summed E-state index contributed by atoms with van der Waals surface area (Å²) >= 11 is 0. The van der Waals surface area contributed by atoms with Gasteiger partial charge in [0, 0.05) is 19.3 Å². The van der Waals surface area contributed by atoms with E-state index in [-0.39, 0.29) is 85.3 Å². The molecular formula is C49H82O20. The fourth-order valence-electron chi connectivity index (χ4n) is 6.55. The van der Waals surface area contributed by atoms with Crippen LogP contribution in [0.25, 0.3) is 0 Å².